The number of ether oxygens (including phenoxy) is 4. The lowest BCUT2D eigenvalue weighted by molar-refractivity contribution is -0.192. The van der Waals surface area contributed by atoms with Crippen molar-refractivity contribution >= 4 is 57.5 Å². The number of piperazine rings is 1. The Morgan fingerprint density at radius 2 is 1.65 bits per heavy atom. The normalized spacial score (nSPS) is 17.5. The third-order valence-corrected chi connectivity index (χ3v) is 11.5. The fourth-order valence-corrected chi connectivity index (χ4v) is 8.32. The summed E-state index contributed by atoms with van der Waals surface area (Å²) in [5.41, 5.74) is 1.77. The van der Waals surface area contributed by atoms with Crippen LogP contribution in [-0.4, -0.2) is 126 Å². The molecule has 16 nitrogen and oxygen atoms in total. The third kappa shape index (κ3) is 9.69. The molecule has 4 aromatic rings. The number of aliphatic carboxylic acids is 1. The number of halogens is 4. The van der Waals surface area contributed by atoms with Crippen molar-refractivity contribution in [3.63, 3.8) is 0 Å². The van der Waals surface area contributed by atoms with Crippen LogP contribution in [0, 0.1) is 0 Å². The number of aryl methyl sites for hydroxylation is 1. The van der Waals surface area contributed by atoms with Crippen LogP contribution in [0.5, 0.6) is 17.4 Å². The molecule has 2 aromatic heterocycles. The highest BCUT2D eigenvalue weighted by molar-refractivity contribution is 6.19. The van der Waals surface area contributed by atoms with Crippen molar-refractivity contribution < 1.29 is 61.5 Å². The highest BCUT2D eigenvalue weighted by atomic mass is 35.5. The second kappa shape index (κ2) is 19.6. The SMILES string of the molecule is COc1cc2c(=O)nc3c(c(C(=O)O)n2c1OCCCCCC(=O)N1C[C@@H](CCl)c2c1cc(OC(=O)N1CCN(C)CC1)c1ccccc21)[C@@H](OC)CCC3.O=C(O)C(F)(F)F. The molecule has 0 unspecified atom stereocenters. The number of unbranched alkanes of at least 4 members (excludes halogenated alkanes) is 2. The van der Waals surface area contributed by atoms with Gasteiger partial charge < -0.3 is 43.9 Å². The summed E-state index contributed by atoms with van der Waals surface area (Å²) < 4.78 is 56.3. The number of likely N-dealkylation sites (N-methyl/N-ethyl adjacent to an activating group) is 1. The maximum atomic E-state index is 13.8. The van der Waals surface area contributed by atoms with Crippen molar-refractivity contribution in [2.24, 2.45) is 0 Å². The van der Waals surface area contributed by atoms with E-state index in [1.54, 1.807) is 15.9 Å². The van der Waals surface area contributed by atoms with Gasteiger partial charge in [0.25, 0.3) is 5.56 Å². The largest absolute Gasteiger partial charge is 0.491 e. The number of carbonyl (C=O) groups is 4. The monoisotopic (exact) mass is 889 g/mol. The summed E-state index contributed by atoms with van der Waals surface area (Å²) in [5, 5.41) is 19.3. The van der Waals surface area contributed by atoms with Crippen molar-refractivity contribution in [3.05, 3.63) is 69.3 Å². The lowest BCUT2D eigenvalue weighted by Gasteiger charge is -2.31. The summed E-state index contributed by atoms with van der Waals surface area (Å²) in [6.07, 6.45) is -2.24. The Bertz CT molecular complexity index is 2400. The summed E-state index contributed by atoms with van der Waals surface area (Å²) in [6.45, 7) is 3.30. The van der Waals surface area contributed by atoms with Crippen molar-refractivity contribution in [1.82, 2.24) is 19.2 Å². The molecule has 0 bridgehead atoms. The van der Waals surface area contributed by atoms with E-state index in [4.69, 9.17) is 40.4 Å². The first-order valence-corrected chi connectivity index (χ1v) is 20.6. The predicted octanol–water partition coefficient (Wildman–Crippen LogP) is 6.27. The molecule has 3 aliphatic rings. The Morgan fingerprint density at radius 1 is 0.952 bits per heavy atom. The first kappa shape index (κ1) is 45.9. The van der Waals surface area contributed by atoms with Gasteiger partial charge in [0.2, 0.25) is 11.8 Å². The van der Waals surface area contributed by atoms with Crippen LogP contribution in [0.3, 0.4) is 0 Å². The Kier molecular flexibility index (Phi) is 14.5. The molecular formula is C42H47ClF3N5O11. The quantitative estimate of drug-likeness (QED) is 0.120. The second-order valence-corrected chi connectivity index (χ2v) is 15.4. The van der Waals surface area contributed by atoms with E-state index in [9.17, 15) is 37.5 Å². The number of aromatic nitrogens is 2. The standard InChI is InChI=1S/C40H46ClN5O9.C2HF3O2/c1-43-15-17-44(18-16-43)40(51)55-31-20-28-34(26-11-7-6-10-25(26)31)24(22-41)23-45(28)33(47)14-5-4-8-19-54-38-32(53-3)21-29-37(48)42-27-12-9-13-30(52-2)35(27)36(39(49)50)46(29)38;3-2(4,5)1(6)7/h6-7,10-11,20-21,24,30H,4-5,8-9,12-19,22-23H2,1-3H3,(H,49,50);(H,6,7)/t24-,30+;/m1./s1. The van der Waals surface area contributed by atoms with Gasteiger partial charge in [-0.1, -0.05) is 24.3 Å². The summed E-state index contributed by atoms with van der Waals surface area (Å²) in [7, 11) is 4.96. The molecule has 1 saturated heterocycles. The number of benzene rings is 2. The number of carbonyl (C=O) groups excluding carboxylic acids is 2. The molecule has 2 atom stereocenters. The lowest BCUT2D eigenvalue weighted by atomic mass is 9.92. The minimum absolute atomic E-state index is 0.0327. The number of alkyl halides is 4. The molecule has 2 N–H and O–H groups in total. The highest BCUT2D eigenvalue weighted by Crippen LogP contribution is 2.46. The summed E-state index contributed by atoms with van der Waals surface area (Å²) >= 11 is 6.48. The average Bonchev–Trinajstić information content (AvgIpc) is 3.77. The van der Waals surface area contributed by atoms with Crippen molar-refractivity contribution in [2.45, 2.75) is 63.1 Å². The molecule has 20 heteroatoms. The van der Waals surface area contributed by atoms with Gasteiger partial charge in [-0.25, -0.2) is 19.4 Å². The van der Waals surface area contributed by atoms with Crippen LogP contribution in [0.4, 0.5) is 23.7 Å². The number of amides is 2. The Balaban J connectivity index is 0.000000845. The minimum atomic E-state index is -5.08. The van der Waals surface area contributed by atoms with Crippen LogP contribution in [0.25, 0.3) is 16.3 Å². The topological polar surface area (TPSA) is 190 Å². The summed E-state index contributed by atoms with van der Waals surface area (Å²) in [4.78, 5) is 71.9. The van der Waals surface area contributed by atoms with Gasteiger partial charge in [0.15, 0.2) is 5.75 Å². The minimum Gasteiger partial charge on any atom is -0.491 e. The molecule has 1 aliphatic carbocycles. The molecule has 4 heterocycles. The molecule has 62 heavy (non-hydrogen) atoms. The van der Waals surface area contributed by atoms with E-state index in [1.807, 2.05) is 31.3 Å². The first-order chi connectivity index (χ1) is 29.6. The first-order valence-electron chi connectivity index (χ1n) is 20.0. The molecule has 2 aliphatic heterocycles. The molecule has 2 aromatic carbocycles. The van der Waals surface area contributed by atoms with E-state index in [-0.39, 0.29) is 47.7 Å². The average molecular weight is 890 g/mol. The lowest BCUT2D eigenvalue weighted by Crippen LogP contribution is -2.48. The van der Waals surface area contributed by atoms with Crippen LogP contribution < -0.4 is 24.7 Å². The maximum absolute atomic E-state index is 13.8. The van der Waals surface area contributed by atoms with Crippen LogP contribution in [0.15, 0.2) is 41.2 Å². The number of aromatic carboxylic acids is 1. The number of hydrogen-bond donors (Lipinski definition) is 2. The van der Waals surface area contributed by atoms with Gasteiger partial charge in [0.1, 0.15) is 17.0 Å². The molecule has 0 spiro atoms. The van der Waals surface area contributed by atoms with Crippen LogP contribution >= 0.6 is 11.6 Å². The second-order valence-electron chi connectivity index (χ2n) is 15.1. The maximum Gasteiger partial charge on any atom is 0.490 e. The number of carboxylic acid groups (broad SMARTS) is 2. The summed E-state index contributed by atoms with van der Waals surface area (Å²) in [6, 6.07) is 11.0. The third-order valence-electron chi connectivity index (χ3n) is 11.2. The van der Waals surface area contributed by atoms with Gasteiger partial charge in [-0.05, 0) is 56.5 Å². The molecular weight excluding hydrogens is 843 g/mol. The van der Waals surface area contributed by atoms with Gasteiger partial charge in [0, 0.05) is 81.1 Å². The van der Waals surface area contributed by atoms with Crippen LogP contribution in [0.1, 0.15) is 77.9 Å². The van der Waals surface area contributed by atoms with E-state index in [0.29, 0.717) is 86.7 Å². The zero-order valence-corrected chi connectivity index (χ0v) is 35.1. The number of carboxylic acids is 2. The molecule has 1 fully saturated rings. The van der Waals surface area contributed by atoms with Gasteiger partial charge >= 0.3 is 24.2 Å². The van der Waals surface area contributed by atoms with Crippen molar-refractivity contribution in [2.75, 3.05) is 71.4 Å². The molecule has 334 valence electrons. The molecule has 2 amide bonds. The van der Waals surface area contributed by atoms with Crippen molar-refractivity contribution in [1.29, 1.82) is 0 Å². The smallest absolute Gasteiger partial charge is 0.490 e. The Labute approximate surface area is 358 Å². The number of rotatable bonds is 12. The molecule has 0 saturated carbocycles. The number of nitrogens with zero attached hydrogens (tertiary/aromatic N) is 5. The highest BCUT2D eigenvalue weighted by Gasteiger charge is 2.38. The molecule has 7 rings (SSSR count). The summed E-state index contributed by atoms with van der Waals surface area (Å²) in [5.74, 6) is -3.09. The van der Waals surface area contributed by atoms with Crippen molar-refractivity contribution in [3.8, 4) is 17.4 Å². The van der Waals surface area contributed by atoms with Crippen LogP contribution in [-0.2, 0) is 20.7 Å². The van der Waals surface area contributed by atoms with Gasteiger partial charge in [-0.2, -0.15) is 13.2 Å². The van der Waals surface area contributed by atoms with E-state index in [2.05, 4.69) is 9.88 Å². The van der Waals surface area contributed by atoms with Gasteiger partial charge in [-0.15, -0.1) is 11.6 Å². The number of hydrogen-bond acceptors (Lipinski definition) is 11. The zero-order chi connectivity index (χ0) is 44.9. The van der Waals surface area contributed by atoms with Gasteiger partial charge in [-0.3, -0.25) is 14.0 Å². The number of methoxy groups -OCH3 is 2. The Hall–Kier alpha value is -5.66. The predicted molar refractivity (Wildman–Crippen MR) is 220 cm³/mol. The van der Waals surface area contributed by atoms with Gasteiger partial charge in [0.05, 0.1) is 31.2 Å². The fraction of sp³-hybridized carbons (Fsp3) is 0.476. The Morgan fingerprint density at radius 3 is 2.27 bits per heavy atom. The van der Waals surface area contributed by atoms with E-state index >= 15 is 0 Å². The molecule has 0 radical (unpaired) electrons. The fourth-order valence-electron chi connectivity index (χ4n) is 8.07. The van der Waals surface area contributed by atoms with E-state index < -0.39 is 35.9 Å². The number of anilines is 1. The van der Waals surface area contributed by atoms with Crippen LogP contribution in [0.2, 0.25) is 0 Å². The number of fused-ring (bicyclic) bond motifs is 5. The van der Waals surface area contributed by atoms with E-state index in [0.717, 1.165) is 29.4 Å². The zero-order valence-electron chi connectivity index (χ0n) is 34.3. The van der Waals surface area contributed by atoms with E-state index in [1.165, 1.54) is 24.7 Å².